The number of fused-ring (bicyclic) bond motifs is 3. The molecule has 10 heteroatoms. The fourth-order valence-electron chi connectivity index (χ4n) is 4.07. The van der Waals surface area contributed by atoms with E-state index in [2.05, 4.69) is 9.73 Å². The molecule has 0 fully saturated rings. The molecule has 0 saturated carbocycles. The highest BCUT2D eigenvalue weighted by molar-refractivity contribution is 6.00. The topological polar surface area (TPSA) is 48.6 Å². The fraction of sp³-hybridized carbons (Fsp3) is 0.368. The maximum Gasteiger partial charge on any atom is 0.417 e. The highest BCUT2D eigenvalue weighted by atomic mass is 19.4. The Labute approximate surface area is 161 Å². The zero-order valence-corrected chi connectivity index (χ0v) is 14.7. The molecule has 0 saturated heterocycles. The molecule has 29 heavy (non-hydrogen) atoms. The largest absolute Gasteiger partial charge is 0.431 e. The van der Waals surface area contributed by atoms with E-state index in [0.717, 1.165) is 11.1 Å². The maximum absolute atomic E-state index is 14.6. The lowest BCUT2D eigenvalue weighted by atomic mass is 9.76. The number of amidine groups is 1. The normalized spacial score (nSPS) is 23.2. The van der Waals surface area contributed by atoms with Crippen LogP contribution in [0.2, 0.25) is 0 Å². The van der Waals surface area contributed by atoms with Gasteiger partial charge in [-0.05, 0) is 42.5 Å². The third-order valence-corrected chi connectivity index (χ3v) is 5.25. The molecule has 152 valence electrons. The lowest BCUT2D eigenvalue weighted by Crippen LogP contribution is -2.37. The molecule has 0 N–H and O–H groups in total. The molecule has 2 aliphatic heterocycles. The summed E-state index contributed by atoms with van der Waals surface area (Å²) in [5, 5.41) is 9.03. The van der Waals surface area contributed by atoms with Crippen LogP contribution in [-0.2, 0) is 16.7 Å². The number of nitrogens with zero attached hydrogens (tertiary/aromatic N) is 3. The van der Waals surface area contributed by atoms with Gasteiger partial charge in [0.25, 0.3) is 0 Å². The van der Waals surface area contributed by atoms with E-state index in [1.54, 1.807) is 6.07 Å². The van der Waals surface area contributed by atoms with Gasteiger partial charge in [-0.2, -0.15) is 27.2 Å². The third-order valence-electron chi connectivity index (χ3n) is 5.25. The van der Waals surface area contributed by atoms with E-state index in [4.69, 9.17) is 5.26 Å². The van der Waals surface area contributed by atoms with Gasteiger partial charge < -0.3 is 9.64 Å². The van der Waals surface area contributed by atoms with Crippen molar-refractivity contribution in [1.82, 2.24) is 4.90 Å². The average Bonchev–Trinajstić information content (AvgIpc) is 3.01. The minimum absolute atomic E-state index is 0.0792. The highest BCUT2D eigenvalue weighted by Crippen LogP contribution is 2.46. The van der Waals surface area contributed by atoms with Crippen LogP contribution < -0.4 is 0 Å². The van der Waals surface area contributed by atoms with Crippen molar-refractivity contribution >= 4 is 5.84 Å². The van der Waals surface area contributed by atoms with Crippen molar-refractivity contribution in [3.8, 4) is 6.07 Å². The van der Waals surface area contributed by atoms with Gasteiger partial charge in [0, 0.05) is 6.20 Å². The Morgan fingerprint density at radius 2 is 2.03 bits per heavy atom. The number of halogens is 6. The first-order valence-corrected chi connectivity index (χ1v) is 8.69. The molecular formula is C19H13F6N3O. The zero-order valence-electron chi connectivity index (χ0n) is 14.7. The summed E-state index contributed by atoms with van der Waals surface area (Å²) in [6.07, 6.45) is -2.26. The van der Waals surface area contributed by atoms with Crippen molar-refractivity contribution < 1.29 is 31.1 Å². The number of allylic oxidation sites excluding steroid dienone is 2. The number of nitriles is 1. The number of hydrogen-bond donors (Lipinski definition) is 0. The summed E-state index contributed by atoms with van der Waals surface area (Å²) >= 11 is 0. The third kappa shape index (κ3) is 3.14. The van der Waals surface area contributed by atoms with E-state index in [9.17, 15) is 26.3 Å². The standard InChI is InChI=1S/C19H13F6N3O/c20-15-10(7-26)3-4-13-12(15)2-1-5-18(13)9-28-8-11(19(23,24)25)6-14(16(28)27-18)29-17(21)22/h3-4,6,8,17H,1-2,5,9H2/t18-/m1/s1. The van der Waals surface area contributed by atoms with Crippen molar-refractivity contribution in [2.75, 3.05) is 6.54 Å². The van der Waals surface area contributed by atoms with Crippen molar-refractivity contribution in [1.29, 1.82) is 5.26 Å². The summed E-state index contributed by atoms with van der Waals surface area (Å²) in [6.45, 7) is -3.41. The van der Waals surface area contributed by atoms with E-state index in [0.29, 0.717) is 30.9 Å². The number of hydrogen-bond acceptors (Lipinski definition) is 4. The molecule has 1 atom stereocenters. The highest BCUT2D eigenvalue weighted by Gasteiger charge is 2.48. The van der Waals surface area contributed by atoms with Gasteiger partial charge in [-0.1, -0.05) is 6.07 Å². The van der Waals surface area contributed by atoms with Crippen molar-refractivity contribution in [2.45, 2.75) is 37.6 Å². The second-order valence-electron chi connectivity index (χ2n) is 6.98. The molecule has 1 aromatic carbocycles. The first kappa shape index (κ1) is 19.4. The second-order valence-corrected chi connectivity index (χ2v) is 6.98. The molecule has 0 radical (unpaired) electrons. The van der Waals surface area contributed by atoms with Gasteiger partial charge in [0.2, 0.25) is 0 Å². The van der Waals surface area contributed by atoms with Crippen LogP contribution in [0, 0.1) is 17.1 Å². The lowest BCUT2D eigenvalue weighted by molar-refractivity contribution is -0.0981. The Balaban J connectivity index is 1.83. The van der Waals surface area contributed by atoms with Crippen LogP contribution in [0.4, 0.5) is 26.3 Å². The van der Waals surface area contributed by atoms with E-state index >= 15 is 0 Å². The Hall–Kier alpha value is -2.96. The first-order valence-electron chi connectivity index (χ1n) is 8.69. The summed E-state index contributed by atoms with van der Waals surface area (Å²) < 4.78 is 84.2. The molecular weight excluding hydrogens is 400 g/mol. The van der Waals surface area contributed by atoms with Crippen LogP contribution in [-0.4, -0.2) is 30.1 Å². The molecule has 1 aliphatic carbocycles. The van der Waals surface area contributed by atoms with Crippen molar-refractivity contribution in [2.24, 2.45) is 4.99 Å². The van der Waals surface area contributed by atoms with Crippen LogP contribution in [0.15, 0.2) is 40.7 Å². The molecule has 0 bridgehead atoms. The molecule has 0 amide bonds. The molecule has 1 spiro atoms. The fourth-order valence-corrected chi connectivity index (χ4v) is 4.07. The van der Waals surface area contributed by atoms with Gasteiger partial charge in [0.1, 0.15) is 17.4 Å². The maximum atomic E-state index is 14.6. The summed E-state index contributed by atoms with van der Waals surface area (Å²) in [7, 11) is 0. The Morgan fingerprint density at radius 3 is 2.69 bits per heavy atom. The Kier molecular flexibility index (Phi) is 4.37. The van der Waals surface area contributed by atoms with Crippen LogP contribution in [0.25, 0.3) is 0 Å². The van der Waals surface area contributed by atoms with Crippen molar-refractivity contribution in [3.63, 3.8) is 0 Å². The molecule has 0 aromatic heterocycles. The van der Waals surface area contributed by atoms with E-state index in [1.807, 2.05) is 0 Å². The quantitative estimate of drug-likeness (QED) is 0.670. The molecule has 1 aromatic rings. The van der Waals surface area contributed by atoms with Crippen LogP contribution in [0.5, 0.6) is 0 Å². The van der Waals surface area contributed by atoms with E-state index in [-0.39, 0.29) is 23.5 Å². The molecule has 4 nitrogen and oxygen atoms in total. The zero-order chi connectivity index (χ0) is 21.0. The van der Waals surface area contributed by atoms with Gasteiger partial charge in [-0.3, -0.25) is 4.99 Å². The smallest absolute Gasteiger partial charge is 0.417 e. The minimum Gasteiger partial charge on any atom is -0.431 e. The summed E-state index contributed by atoms with van der Waals surface area (Å²) in [5.74, 6) is -1.52. The van der Waals surface area contributed by atoms with Gasteiger partial charge in [-0.15, -0.1) is 0 Å². The van der Waals surface area contributed by atoms with Crippen LogP contribution >= 0.6 is 0 Å². The van der Waals surface area contributed by atoms with Crippen LogP contribution in [0.1, 0.15) is 29.5 Å². The molecule has 4 rings (SSSR count). The lowest BCUT2D eigenvalue weighted by Gasteiger charge is -2.34. The SMILES string of the molecule is N#Cc1ccc2c(c1F)CCC[C@@]21CN2C=C(C(F)(F)F)C=C(OC(F)F)C2=N1. The van der Waals surface area contributed by atoms with Gasteiger partial charge in [0.15, 0.2) is 11.6 Å². The monoisotopic (exact) mass is 413 g/mol. The number of rotatable bonds is 2. The van der Waals surface area contributed by atoms with E-state index < -0.39 is 35.5 Å². The Bertz CT molecular complexity index is 1000. The predicted octanol–water partition coefficient (Wildman–Crippen LogP) is 4.53. The summed E-state index contributed by atoms with van der Waals surface area (Å²) in [4.78, 5) is 5.56. The van der Waals surface area contributed by atoms with Crippen LogP contribution in [0.3, 0.4) is 0 Å². The molecule has 3 aliphatic rings. The molecule has 0 unspecified atom stereocenters. The molecule has 2 heterocycles. The van der Waals surface area contributed by atoms with Gasteiger partial charge >= 0.3 is 12.8 Å². The second kappa shape index (κ2) is 6.54. The van der Waals surface area contributed by atoms with Gasteiger partial charge in [-0.25, -0.2) is 4.39 Å². The number of alkyl halides is 5. The summed E-state index contributed by atoms with van der Waals surface area (Å²) in [6, 6.07) is 4.58. The number of ether oxygens (including phenoxy) is 1. The predicted molar refractivity (Wildman–Crippen MR) is 89.2 cm³/mol. The van der Waals surface area contributed by atoms with Gasteiger partial charge in [0.05, 0.1) is 17.7 Å². The number of aliphatic imine (C=N–C) groups is 1. The van der Waals surface area contributed by atoms with E-state index in [1.165, 1.54) is 12.1 Å². The summed E-state index contributed by atoms with van der Waals surface area (Å²) in [5.41, 5.74) is -1.67. The van der Waals surface area contributed by atoms with Crippen molar-refractivity contribution in [3.05, 3.63) is 58.2 Å². The first-order chi connectivity index (χ1) is 13.6. The number of benzene rings is 1. The Morgan fingerprint density at radius 1 is 1.28 bits per heavy atom. The minimum atomic E-state index is -4.77. The average molecular weight is 413 g/mol.